The van der Waals surface area contributed by atoms with Crippen molar-refractivity contribution in [1.82, 2.24) is 4.57 Å². The number of thiazole rings is 1. The van der Waals surface area contributed by atoms with Crippen LogP contribution in [-0.4, -0.2) is 37.3 Å². The van der Waals surface area contributed by atoms with Crippen LogP contribution in [0.5, 0.6) is 5.75 Å². The van der Waals surface area contributed by atoms with E-state index in [1.165, 1.54) is 35.4 Å². The molecule has 0 N–H and O–H groups in total. The molecule has 198 valence electrons. The molecule has 2 aromatic carbocycles. The monoisotopic (exact) mass is 595 g/mol. The summed E-state index contributed by atoms with van der Waals surface area (Å²) >= 11 is 4.87. The van der Waals surface area contributed by atoms with E-state index in [4.69, 9.17) is 9.47 Å². The topological polar surface area (TPSA) is 73.1 Å². The van der Waals surface area contributed by atoms with Gasteiger partial charge in [0.05, 0.1) is 40.0 Å². The molecule has 1 atom stereocenters. The number of aromatic nitrogens is 1. The normalized spacial score (nSPS) is 17.4. The van der Waals surface area contributed by atoms with Crippen molar-refractivity contribution in [3.63, 3.8) is 0 Å². The minimum Gasteiger partial charge on any atom is -0.496 e. The summed E-state index contributed by atoms with van der Waals surface area (Å²) in [6.45, 7) is 8.06. The van der Waals surface area contributed by atoms with Gasteiger partial charge in [-0.25, -0.2) is 9.79 Å². The summed E-state index contributed by atoms with van der Waals surface area (Å²) in [5.41, 5.74) is 4.86. The van der Waals surface area contributed by atoms with E-state index in [1.54, 1.807) is 25.5 Å². The SMILES string of the molecule is CCOC(=O)C1=C(C)N=c2s/c(=C/c3ccc(N4CCCC4)c(C)c3)c(=O)n2[C@H]1c1ccc(OC)c(Br)c1. The molecule has 0 unspecified atom stereocenters. The second kappa shape index (κ2) is 10.9. The molecule has 3 heterocycles. The first kappa shape index (κ1) is 26.4. The van der Waals surface area contributed by atoms with Crippen LogP contribution in [0.25, 0.3) is 6.08 Å². The number of methoxy groups -OCH3 is 1. The zero-order valence-electron chi connectivity index (χ0n) is 21.9. The second-order valence-corrected chi connectivity index (χ2v) is 11.3. The number of halogens is 1. The maximum absolute atomic E-state index is 13.9. The van der Waals surface area contributed by atoms with Crippen molar-refractivity contribution in [2.45, 2.75) is 39.7 Å². The van der Waals surface area contributed by atoms with E-state index in [1.807, 2.05) is 24.3 Å². The van der Waals surface area contributed by atoms with Gasteiger partial charge >= 0.3 is 5.97 Å². The van der Waals surface area contributed by atoms with Crippen LogP contribution in [0.4, 0.5) is 5.69 Å². The summed E-state index contributed by atoms with van der Waals surface area (Å²) in [5.74, 6) is 0.181. The number of anilines is 1. The molecule has 0 spiro atoms. The van der Waals surface area contributed by atoms with E-state index >= 15 is 0 Å². The fourth-order valence-electron chi connectivity index (χ4n) is 5.19. The van der Waals surface area contributed by atoms with Crippen molar-refractivity contribution in [3.8, 4) is 5.75 Å². The van der Waals surface area contributed by atoms with Gasteiger partial charge in [0.15, 0.2) is 4.80 Å². The van der Waals surface area contributed by atoms with Crippen molar-refractivity contribution in [2.75, 3.05) is 31.7 Å². The van der Waals surface area contributed by atoms with Crippen LogP contribution in [0.3, 0.4) is 0 Å². The molecule has 0 aliphatic carbocycles. The molecular formula is C29H30BrN3O4S. The largest absolute Gasteiger partial charge is 0.496 e. The molecular weight excluding hydrogens is 566 g/mol. The van der Waals surface area contributed by atoms with Crippen LogP contribution < -0.4 is 24.5 Å². The highest BCUT2D eigenvalue weighted by atomic mass is 79.9. The fraction of sp³-hybridized carbons (Fsp3) is 0.345. The zero-order chi connectivity index (χ0) is 27.0. The number of ether oxygens (including phenoxy) is 2. The average molecular weight is 597 g/mol. The fourth-order valence-corrected chi connectivity index (χ4v) is 6.80. The molecule has 1 aromatic heterocycles. The van der Waals surface area contributed by atoms with Crippen molar-refractivity contribution in [3.05, 3.63) is 88.5 Å². The lowest BCUT2D eigenvalue weighted by molar-refractivity contribution is -0.139. The highest BCUT2D eigenvalue weighted by molar-refractivity contribution is 9.10. The van der Waals surface area contributed by atoms with Crippen molar-refractivity contribution < 1.29 is 14.3 Å². The number of carbonyl (C=O) groups is 1. The molecule has 0 bridgehead atoms. The number of allylic oxidation sites excluding steroid dienone is 1. The average Bonchev–Trinajstić information content (AvgIpc) is 3.52. The summed E-state index contributed by atoms with van der Waals surface area (Å²) in [6, 6.07) is 11.2. The quantitative estimate of drug-likeness (QED) is 0.393. The number of hydrogen-bond donors (Lipinski definition) is 0. The standard InChI is InChI=1S/C29H30BrN3O4S/c1-5-37-28(35)25-18(3)31-29-33(26(25)20-9-11-23(36-4)21(30)16-20)27(34)24(38-29)15-19-8-10-22(17(2)14-19)32-12-6-7-13-32/h8-11,14-16,26H,5-7,12-13H2,1-4H3/b24-15+/t26-/m0/s1. The van der Waals surface area contributed by atoms with Gasteiger partial charge in [-0.2, -0.15) is 0 Å². The van der Waals surface area contributed by atoms with E-state index < -0.39 is 12.0 Å². The highest BCUT2D eigenvalue weighted by Gasteiger charge is 2.33. The number of hydrogen-bond acceptors (Lipinski definition) is 7. The second-order valence-electron chi connectivity index (χ2n) is 9.44. The van der Waals surface area contributed by atoms with E-state index in [-0.39, 0.29) is 12.2 Å². The molecule has 0 saturated carbocycles. The van der Waals surface area contributed by atoms with E-state index in [0.717, 1.165) is 28.7 Å². The van der Waals surface area contributed by atoms with Gasteiger partial charge in [0.1, 0.15) is 5.75 Å². The lowest BCUT2D eigenvalue weighted by atomic mass is 9.96. The predicted octanol–water partition coefficient (Wildman–Crippen LogP) is 4.48. The van der Waals surface area contributed by atoms with Gasteiger partial charge in [0.25, 0.3) is 5.56 Å². The first-order valence-corrected chi connectivity index (χ1v) is 14.3. The molecule has 9 heteroatoms. The Hall–Kier alpha value is -3.17. The summed E-state index contributed by atoms with van der Waals surface area (Å²) in [6.07, 6.45) is 4.36. The van der Waals surface area contributed by atoms with Crippen molar-refractivity contribution in [1.29, 1.82) is 0 Å². The van der Waals surface area contributed by atoms with Gasteiger partial charge in [-0.1, -0.05) is 23.5 Å². The summed E-state index contributed by atoms with van der Waals surface area (Å²) in [4.78, 5) is 34.6. The minimum absolute atomic E-state index is 0.193. The number of rotatable bonds is 6. The number of carbonyl (C=O) groups excluding carboxylic acids is 1. The maximum atomic E-state index is 13.9. The third-order valence-electron chi connectivity index (χ3n) is 6.97. The van der Waals surface area contributed by atoms with Crippen molar-refractivity contribution >= 4 is 45.0 Å². The van der Waals surface area contributed by atoms with Gasteiger partial charge in [-0.15, -0.1) is 0 Å². The van der Waals surface area contributed by atoms with Gasteiger partial charge in [-0.3, -0.25) is 9.36 Å². The molecule has 5 rings (SSSR count). The molecule has 1 fully saturated rings. The summed E-state index contributed by atoms with van der Waals surface area (Å²) in [7, 11) is 1.59. The third kappa shape index (κ3) is 4.85. The molecule has 2 aliphatic heterocycles. The van der Waals surface area contributed by atoms with Gasteiger partial charge < -0.3 is 14.4 Å². The smallest absolute Gasteiger partial charge is 0.338 e. The highest BCUT2D eigenvalue weighted by Crippen LogP contribution is 2.35. The number of aryl methyl sites for hydroxylation is 1. The molecule has 3 aromatic rings. The van der Waals surface area contributed by atoms with Crippen LogP contribution >= 0.6 is 27.3 Å². The van der Waals surface area contributed by atoms with Crippen LogP contribution in [0.2, 0.25) is 0 Å². The first-order valence-electron chi connectivity index (χ1n) is 12.7. The van der Waals surface area contributed by atoms with E-state index in [2.05, 4.69) is 50.9 Å². The molecule has 1 saturated heterocycles. The van der Waals surface area contributed by atoms with Crippen LogP contribution in [0.1, 0.15) is 49.4 Å². The van der Waals surface area contributed by atoms with Crippen LogP contribution in [0.15, 0.2) is 61.9 Å². The lowest BCUT2D eigenvalue weighted by Gasteiger charge is -2.25. The van der Waals surface area contributed by atoms with Gasteiger partial charge in [-0.05, 0) is 96.6 Å². The summed E-state index contributed by atoms with van der Waals surface area (Å²) < 4.78 is 13.7. The number of fused-ring (bicyclic) bond motifs is 1. The zero-order valence-corrected chi connectivity index (χ0v) is 24.3. The van der Waals surface area contributed by atoms with E-state index in [9.17, 15) is 9.59 Å². The maximum Gasteiger partial charge on any atom is 0.338 e. The van der Waals surface area contributed by atoms with Crippen molar-refractivity contribution in [2.24, 2.45) is 4.99 Å². The van der Waals surface area contributed by atoms with Gasteiger partial charge in [0, 0.05) is 18.8 Å². The molecule has 2 aliphatic rings. The minimum atomic E-state index is -0.672. The number of benzene rings is 2. The Morgan fingerprint density at radius 1 is 1.18 bits per heavy atom. The summed E-state index contributed by atoms with van der Waals surface area (Å²) in [5, 5.41) is 0. The number of nitrogens with zero attached hydrogens (tertiary/aromatic N) is 3. The molecule has 38 heavy (non-hydrogen) atoms. The Bertz CT molecular complexity index is 1620. The molecule has 0 radical (unpaired) electrons. The molecule has 7 nitrogen and oxygen atoms in total. The van der Waals surface area contributed by atoms with Crippen LogP contribution in [-0.2, 0) is 9.53 Å². The Morgan fingerprint density at radius 2 is 1.95 bits per heavy atom. The molecule has 0 amide bonds. The Kier molecular flexibility index (Phi) is 7.59. The Balaban J connectivity index is 1.64. The number of esters is 1. The van der Waals surface area contributed by atoms with Crippen LogP contribution in [0, 0.1) is 6.92 Å². The Labute approximate surface area is 233 Å². The third-order valence-corrected chi connectivity index (χ3v) is 8.58. The lowest BCUT2D eigenvalue weighted by Crippen LogP contribution is -2.40. The Morgan fingerprint density at radius 3 is 2.61 bits per heavy atom. The predicted molar refractivity (Wildman–Crippen MR) is 154 cm³/mol. The van der Waals surface area contributed by atoms with Gasteiger partial charge in [0.2, 0.25) is 0 Å². The first-order chi connectivity index (χ1) is 18.3. The van der Waals surface area contributed by atoms with E-state index in [0.29, 0.717) is 26.4 Å².